The summed E-state index contributed by atoms with van der Waals surface area (Å²) in [5, 5.41) is 10.5. The lowest BCUT2D eigenvalue weighted by atomic mass is 10.1. The summed E-state index contributed by atoms with van der Waals surface area (Å²) in [6.45, 7) is 1.13. The maximum absolute atomic E-state index is 13.1. The zero-order chi connectivity index (χ0) is 16.2. The molecule has 1 aliphatic heterocycles. The van der Waals surface area contributed by atoms with Gasteiger partial charge in [0.25, 0.3) is 0 Å². The first-order valence-electron chi connectivity index (χ1n) is 7.03. The highest BCUT2D eigenvalue weighted by Crippen LogP contribution is 2.29. The summed E-state index contributed by atoms with van der Waals surface area (Å²) in [6, 6.07) is 7.17. The highest BCUT2D eigenvalue weighted by atomic mass is 35.5. The SMILES string of the molecule is O=C(Nc1cccnn1)N1CCO[C@@H](c2ccc(F)cc2Cl)C1. The molecule has 0 aliphatic carbocycles. The average Bonchev–Trinajstić information content (AvgIpc) is 2.56. The fourth-order valence-electron chi connectivity index (χ4n) is 2.34. The maximum Gasteiger partial charge on any atom is 0.323 e. The standard InChI is InChI=1S/C15H14ClFN4O2/c16-12-8-10(17)3-4-11(12)13-9-21(6-7-23-13)15(22)19-14-2-1-5-18-20-14/h1-5,8,13H,6-7,9H2,(H,19,20,22)/t13-/m1/s1. The first-order chi connectivity index (χ1) is 11.1. The molecule has 0 spiro atoms. The zero-order valence-corrected chi connectivity index (χ0v) is 12.8. The van der Waals surface area contributed by atoms with Crippen molar-refractivity contribution in [2.75, 3.05) is 25.0 Å². The lowest BCUT2D eigenvalue weighted by molar-refractivity contribution is -0.0134. The number of amides is 2. The summed E-state index contributed by atoms with van der Waals surface area (Å²) in [5.74, 6) is -0.0350. The number of anilines is 1. The van der Waals surface area contributed by atoms with E-state index in [9.17, 15) is 9.18 Å². The predicted molar refractivity (Wildman–Crippen MR) is 82.7 cm³/mol. The molecule has 1 atom stereocenters. The maximum atomic E-state index is 13.1. The summed E-state index contributed by atoms with van der Waals surface area (Å²) >= 11 is 6.06. The van der Waals surface area contributed by atoms with Gasteiger partial charge in [0.2, 0.25) is 0 Å². The van der Waals surface area contributed by atoms with Gasteiger partial charge in [-0.1, -0.05) is 17.7 Å². The third-order valence-corrected chi connectivity index (χ3v) is 3.80. The summed E-state index contributed by atoms with van der Waals surface area (Å²) in [4.78, 5) is 13.9. The number of morpholine rings is 1. The summed E-state index contributed by atoms with van der Waals surface area (Å²) in [6.07, 6.45) is 1.13. The smallest absolute Gasteiger partial charge is 0.323 e. The molecule has 1 N–H and O–H groups in total. The highest BCUT2D eigenvalue weighted by molar-refractivity contribution is 6.31. The molecule has 2 amide bonds. The minimum atomic E-state index is -0.410. The van der Waals surface area contributed by atoms with Gasteiger partial charge in [-0.05, 0) is 24.3 Å². The Hall–Kier alpha value is -2.25. The molecule has 8 heteroatoms. The van der Waals surface area contributed by atoms with E-state index >= 15 is 0 Å². The quantitative estimate of drug-likeness (QED) is 0.915. The number of hydrogen-bond donors (Lipinski definition) is 1. The lowest BCUT2D eigenvalue weighted by Crippen LogP contribution is -2.44. The van der Waals surface area contributed by atoms with Crippen LogP contribution in [-0.2, 0) is 4.74 Å². The van der Waals surface area contributed by atoms with E-state index in [2.05, 4.69) is 15.5 Å². The fraction of sp³-hybridized carbons (Fsp3) is 0.267. The Morgan fingerprint density at radius 2 is 2.30 bits per heavy atom. The molecule has 1 aromatic carbocycles. The summed E-state index contributed by atoms with van der Waals surface area (Å²) < 4.78 is 18.8. The third-order valence-electron chi connectivity index (χ3n) is 3.47. The number of aromatic nitrogens is 2. The van der Waals surface area contributed by atoms with Crippen molar-refractivity contribution < 1.29 is 13.9 Å². The Morgan fingerprint density at radius 1 is 1.43 bits per heavy atom. The van der Waals surface area contributed by atoms with E-state index in [-0.39, 0.29) is 11.1 Å². The third kappa shape index (κ3) is 3.75. The van der Waals surface area contributed by atoms with Crippen LogP contribution < -0.4 is 5.32 Å². The second-order valence-corrected chi connectivity index (χ2v) is 5.42. The van der Waals surface area contributed by atoms with Gasteiger partial charge in [-0.15, -0.1) is 5.10 Å². The van der Waals surface area contributed by atoms with Crippen LogP contribution in [0.2, 0.25) is 5.02 Å². The molecule has 2 heterocycles. The molecular weight excluding hydrogens is 323 g/mol. The molecule has 120 valence electrons. The van der Waals surface area contributed by atoms with Crippen LogP contribution in [0.3, 0.4) is 0 Å². The van der Waals surface area contributed by atoms with Crippen molar-refractivity contribution in [2.45, 2.75) is 6.10 Å². The average molecular weight is 337 g/mol. The topological polar surface area (TPSA) is 67.4 Å². The molecule has 0 unspecified atom stereocenters. The largest absolute Gasteiger partial charge is 0.370 e. The molecular formula is C15H14ClFN4O2. The van der Waals surface area contributed by atoms with Crippen LogP contribution in [-0.4, -0.2) is 40.8 Å². The van der Waals surface area contributed by atoms with Gasteiger partial charge in [-0.2, -0.15) is 5.10 Å². The minimum absolute atomic E-state index is 0.284. The van der Waals surface area contributed by atoms with Crippen LogP contribution in [0.4, 0.5) is 15.0 Å². The second-order valence-electron chi connectivity index (χ2n) is 5.01. The highest BCUT2D eigenvalue weighted by Gasteiger charge is 2.27. The van der Waals surface area contributed by atoms with Gasteiger partial charge in [0.15, 0.2) is 5.82 Å². The molecule has 1 fully saturated rings. The summed E-state index contributed by atoms with van der Waals surface area (Å²) in [5.41, 5.74) is 0.657. The van der Waals surface area contributed by atoms with Crippen LogP contribution in [0.25, 0.3) is 0 Å². The normalized spacial score (nSPS) is 17.8. The number of benzene rings is 1. The van der Waals surface area contributed by atoms with Crippen molar-refractivity contribution in [3.05, 3.63) is 52.9 Å². The molecule has 0 saturated carbocycles. The van der Waals surface area contributed by atoms with Gasteiger partial charge >= 0.3 is 6.03 Å². The van der Waals surface area contributed by atoms with Crippen molar-refractivity contribution in [3.8, 4) is 0 Å². The van der Waals surface area contributed by atoms with E-state index in [4.69, 9.17) is 16.3 Å². The van der Waals surface area contributed by atoms with Gasteiger partial charge in [0.1, 0.15) is 11.9 Å². The van der Waals surface area contributed by atoms with E-state index in [0.717, 1.165) is 0 Å². The van der Waals surface area contributed by atoms with Gasteiger partial charge in [0.05, 0.1) is 13.2 Å². The molecule has 1 aliphatic rings. The van der Waals surface area contributed by atoms with Crippen LogP contribution in [0, 0.1) is 5.82 Å². The molecule has 0 radical (unpaired) electrons. The van der Waals surface area contributed by atoms with Crippen molar-refractivity contribution >= 4 is 23.4 Å². The second kappa shape index (κ2) is 6.89. The number of urea groups is 1. The number of halogens is 2. The van der Waals surface area contributed by atoms with Crippen molar-refractivity contribution in [1.82, 2.24) is 15.1 Å². The molecule has 1 saturated heterocycles. The number of ether oxygens (including phenoxy) is 1. The van der Waals surface area contributed by atoms with Crippen molar-refractivity contribution in [2.24, 2.45) is 0 Å². The van der Waals surface area contributed by atoms with Crippen LogP contribution >= 0.6 is 11.6 Å². The summed E-state index contributed by atoms with van der Waals surface area (Å²) in [7, 11) is 0. The van der Waals surface area contributed by atoms with Gasteiger partial charge < -0.3 is 9.64 Å². The van der Waals surface area contributed by atoms with Crippen LogP contribution in [0.5, 0.6) is 0 Å². The van der Waals surface area contributed by atoms with Crippen LogP contribution in [0.15, 0.2) is 36.5 Å². The molecule has 3 rings (SSSR count). The molecule has 2 aromatic rings. The van der Waals surface area contributed by atoms with E-state index < -0.39 is 11.9 Å². The fourth-order valence-corrected chi connectivity index (χ4v) is 2.63. The van der Waals surface area contributed by atoms with E-state index in [1.54, 1.807) is 23.1 Å². The first kappa shape index (κ1) is 15.6. The Bertz CT molecular complexity index is 701. The number of nitrogens with one attached hydrogen (secondary N) is 1. The monoisotopic (exact) mass is 336 g/mol. The Morgan fingerprint density at radius 3 is 3.04 bits per heavy atom. The first-order valence-corrected chi connectivity index (χ1v) is 7.41. The van der Waals surface area contributed by atoms with Crippen LogP contribution in [0.1, 0.15) is 11.7 Å². The molecule has 23 heavy (non-hydrogen) atoms. The number of nitrogens with zero attached hydrogens (tertiary/aromatic N) is 3. The lowest BCUT2D eigenvalue weighted by Gasteiger charge is -2.33. The Kier molecular flexibility index (Phi) is 4.68. The number of carbonyl (C=O) groups excluding carboxylic acids is 1. The van der Waals surface area contributed by atoms with Gasteiger partial charge in [-0.25, -0.2) is 9.18 Å². The van der Waals surface area contributed by atoms with Crippen molar-refractivity contribution in [1.29, 1.82) is 0 Å². The number of carbonyl (C=O) groups is 1. The Labute approximate surface area is 137 Å². The minimum Gasteiger partial charge on any atom is -0.370 e. The zero-order valence-electron chi connectivity index (χ0n) is 12.1. The van der Waals surface area contributed by atoms with E-state index in [1.165, 1.54) is 18.3 Å². The van der Waals surface area contributed by atoms with E-state index in [1.807, 2.05) is 0 Å². The predicted octanol–water partition coefficient (Wildman–Crippen LogP) is 2.87. The Balaban J connectivity index is 1.69. The van der Waals surface area contributed by atoms with Gasteiger partial charge in [-0.3, -0.25) is 5.32 Å². The number of hydrogen-bond acceptors (Lipinski definition) is 4. The molecule has 0 bridgehead atoms. The van der Waals surface area contributed by atoms with Crippen molar-refractivity contribution in [3.63, 3.8) is 0 Å². The number of rotatable bonds is 2. The van der Waals surface area contributed by atoms with Gasteiger partial charge in [0, 0.05) is 23.3 Å². The molecule has 1 aromatic heterocycles. The van der Waals surface area contributed by atoms with E-state index in [0.29, 0.717) is 31.1 Å². The molecule has 6 nitrogen and oxygen atoms in total.